The summed E-state index contributed by atoms with van der Waals surface area (Å²) in [6.45, 7) is 3.47. The smallest absolute Gasteiger partial charge is 0.176 e. The third-order valence-electron chi connectivity index (χ3n) is 2.63. The molecule has 0 radical (unpaired) electrons. The monoisotopic (exact) mass is 235 g/mol. The number of hydrogen-bond donors (Lipinski definition) is 1. The van der Waals surface area contributed by atoms with Crippen LogP contribution in [0.25, 0.3) is 0 Å². The van der Waals surface area contributed by atoms with Gasteiger partial charge in [0.2, 0.25) is 0 Å². The molecule has 0 heterocycles. The maximum Gasteiger partial charge on any atom is 0.176 e. The van der Waals surface area contributed by atoms with E-state index in [1.807, 2.05) is 18.2 Å². The molecular formula is C14H21NO2. The quantitative estimate of drug-likeness (QED) is 0.556. The van der Waals surface area contributed by atoms with Crippen LogP contribution in [0.1, 0.15) is 36.5 Å². The Balaban J connectivity index is 2.36. The molecule has 0 saturated heterocycles. The number of nitrogens with one attached hydrogen (secondary N) is 1. The Bertz CT molecular complexity index is 350. The van der Waals surface area contributed by atoms with E-state index in [0.717, 1.165) is 18.7 Å². The number of carbonyl (C=O) groups is 1. The zero-order valence-corrected chi connectivity index (χ0v) is 10.7. The average molecular weight is 235 g/mol. The summed E-state index contributed by atoms with van der Waals surface area (Å²) in [7, 11) is 1.60. The number of Topliss-reactive ketones (excluding diaryl/α,β-unsaturated/α-hetero) is 1. The number of carbonyl (C=O) groups excluding carboxylic acids is 1. The highest BCUT2D eigenvalue weighted by molar-refractivity contribution is 5.97. The van der Waals surface area contributed by atoms with Crippen LogP contribution in [-0.4, -0.2) is 26.0 Å². The lowest BCUT2D eigenvalue weighted by atomic mass is 10.1. The van der Waals surface area contributed by atoms with Crippen molar-refractivity contribution in [3.8, 4) is 5.75 Å². The van der Waals surface area contributed by atoms with Crippen molar-refractivity contribution < 1.29 is 9.53 Å². The summed E-state index contributed by atoms with van der Waals surface area (Å²) >= 11 is 0. The van der Waals surface area contributed by atoms with Gasteiger partial charge in [-0.2, -0.15) is 0 Å². The fourth-order valence-corrected chi connectivity index (χ4v) is 1.60. The van der Waals surface area contributed by atoms with Crippen LogP contribution in [0.5, 0.6) is 5.75 Å². The van der Waals surface area contributed by atoms with Gasteiger partial charge in [0.25, 0.3) is 0 Å². The van der Waals surface area contributed by atoms with Crippen molar-refractivity contribution in [3.05, 3.63) is 29.8 Å². The first kappa shape index (κ1) is 13.7. The van der Waals surface area contributed by atoms with E-state index in [-0.39, 0.29) is 5.78 Å². The van der Waals surface area contributed by atoms with Crippen LogP contribution in [-0.2, 0) is 0 Å². The minimum atomic E-state index is 0.111. The molecule has 0 saturated carbocycles. The van der Waals surface area contributed by atoms with E-state index in [0.29, 0.717) is 12.1 Å². The van der Waals surface area contributed by atoms with E-state index in [4.69, 9.17) is 4.74 Å². The highest BCUT2D eigenvalue weighted by atomic mass is 16.5. The molecule has 3 nitrogen and oxygen atoms in total. The molecule has 1 N–H and O–H groups in total. The Morgan fingerprint density at radius 2 is 2.18 bits per heavy atom. The molecule has 94 valence electrons. The number of ether oxygens (including phenoxy) is 1. The summed E-state index contributed by atoms with van der Waals surface area (Å²) in [5.41, 5.74) is 0.701. The van der Waals surface area contributed by atoms with Crippen molar-refractivity contribution >= 4 is 5.78 Å². The molecule has 0 aromatic heterocycles. The summed E-state index contributed by atoms with van der Waals surface area (Å²) in [6.07, 6.45) is 3.54. The van der Waals surface area contributed by atoms with E-state index in [2.05, 4.69) is 12.2 Å². The Morgan fingerprint density at radius 1 is 1.35 bits per heavy atom. The maximum atomic E-state index is 11.8. The summed E-state index contributed by atoms with van der Waals surface area (Å²) in [5.74, 6) is 0.835. The van der Waals surface area contributed by atoms with Gasteiger partial charge in [0.15, 0.2) is 5.78 Å². The molecule has 0 aliphatic heterocycles. The summed E-state index contributed by atoms with van der Waals surface area (Å²) < 4.78 is 5.09. The predicted molar refractivity (Wildman–Crippen MR) is 69.7 cm³/mol. The molecule has 17 heavy (non-hydrogen) atoms. The molecular weight excluding hydrogens is 214 g/mol. The number of hydrogen-bond acceptors (Lipinski definition) is 3. The number of methoxy groups -OCH3 is 1. The standard InChI is InChI=1S/C14H21NO2/c1-3-4-5-9-15-11-14(16)12-7-6-8-13(10-12)17-2/h6-8,10,15H,3-5,9,11H2,1-2H3. The van der Waals surface area contributed by atoms with Gasteiger partial charge in [0, 0.05) is 5.56 Å². The van der Waals surface area contributed by atoms with Crippen LogP contribution in [0.3, 0.4) is 0 Å². The van der Waals surface area contributed by atoms with Crippen molar-refractivity contribution in [3.63, 3.8) is 0 Å². The molecule has 0 spiro atoms. The van der Waals surface area contributed by atoms with Gasteiger partial charge in [0.05, 0.1) is 13.7 Å². The lowest BCUT2D eigenvalue weighted by Crippen LogP contribution is -2.24. The fraction of sp³-hybridized carbons (Fsp3) is 0.500. The maximum absolute atomic E-state index is 11.8. The zero-order valence-electron chi connectivity index (χ0n) is 10.7. The van der Waals surface area contributed by atoms with Gasteiger partial charge in [-0.3, -0.25) is 4.79 Å². The first-order valence-corrected chi connectivity index (χ1v) is 6.16. The second kappa shape index (κ2) is 7.85. The van der Waals surface area contributed by atoms with E-state index in [1.165, 1.54) is 12.8 Å². The zero-order chi connectivity index (χ0) is 12.5. The lowest BCUT2D eigenvalue weighted by Gasteiger charge is -2.05. The minimum Gasteiger partial charge on any atom is -0.497 e. The van der Waals surface area contributed by atoms with Crippen LogP contribution in [0, 0.1) is 0 Å². The SMILES string of the molecule is CCCCCNCC(=O)c1cccc(OC)c1. The van der Waals surface area contributed by atoms with Crippen molar-refractivity contribution in [2.24, 2.45) is 0 Å². The molecule has 0 bridgehead atoms. The van der Waals surface area contributed by atoms with Gasteiger partial charge in [-0.1, -0.05) is 31.9 Å². The van der Waals surface area contributed by atoms with E-state index in [1.54, 1.807) is 13.2 Å². The first-order valence-electron chi connectivity index (χ1n) is 6.16. The van der Waals surface area contributed by atoms with Gasteiger partial charge in [-0.25, -0.2) is 0 Å². The summed E-state index contributed by atoms with van der Waals surface area (Å²) in [4.78, 5) is 11.8. The van der Waals surface area contributed by atoms with Gasteiger partial charge < -0.3 is 10.1 Å². The third-order valence-corrected chi connectivity index (χ3v) is 2.63. The normalized spacial score (nSPS) is 10.2. The van der Waals surface area contributed by atoms with Crippen LogP contribution in [0.2, 0.25) is 0 Å². The second-order valence-corrected chi connectivity index (χ2v) is 4.04. The van der Waals surface area contributed by atoms with Gasteiger partial charge in [-0.05, 0) is 25.1 Å². The average Bonchev–Trinajstić information content (AvgIpc) is 2.38. The molecule has 0 fully saturated rings. The molecule has 0 atom stereocenters. The van der Waals surface area contributed by atoms with Crippen molar-refractivity contribution in [1.29, 1.82) is 0 Å². The van der Waals surface area contributed by atoms with Crippen LogP contribution in [0.4, 0.5) is 0 Å². The Kier molecular flexibility index (Phi) is 6.33. The second-order valence-electron chi connectivity index (χ2n) is 4.04. The number of benzene rings is 1. The highest BCUT2D eigenvalue weighted by Gasteiger charge is 2.05. The van der Waals surface area contributed by atoms with Crippen LogP contribution < -0.4 is 10.1 Å². The number of ketones is 1. The van der Waals surface area contributed by atoms with Crippen LogP contribution in [0.15, 0.2) is 24.3 Å². The topological polar surface area (TPSA) is 38.3 Å². The molecule has 0 amide bonds. The molecule has 0 aliphatic carbocycles. The van der Waals surface area contributed by atoms with Gasteiger partial charge >= 0.3 is 0 Å². The number of rotatable bonds is 8. The predicted octanol–water partition coefficient (Wildman–Crippen LogP) is 2.66. The molecule has 3 heteroatoms. The Labute approximate surface area is 103 Å². The largest absolute Gasteiger partial charge is 0.497 e. The fourth-order valence-electron chi connectivity index (χ4n) is 1.60. The summed E-state index contributed by atoms with van der Waals surface area (Å²) in [5, 5.41) is 3.17. The molecule has 0 unspecified atom stereocenters. The van der Waals surface area contributed by atoms with E-state index in [9.17, 15) is 4.79 Å². The molecule has 1 rings (SSSR count). The van der Waals surface area contributed by atoms with Crippen LogP contribution >= 0.6 is 0 Å². The molecule has 1 aromatic rings. The van der Waals surface area contributed by atoms with Crippen molar-refractivity contribution in [2.75, 3.05) is 20.2 Å². The van der Waals surface area contributed by atoms with Crippen molar-refractivity contribution in [2.45, 2.75) is 26.2 Å². The summed E-state index contributed by atoms with van der Waals surface area (Å²) in [6, 6.07) is 7.27. The minimum absolute atomic E-state index is 0.111. The molecule has 0 aliphatic rings. The highest BCUT2D eigenvalue weighted by Crippen LogP contribution is 2.12. The van der Waals surface area contributed by atoms with Gasteiger partial charge in [0.1, 0.15) is 5.75 Å². The first-order chi connectivity index (χ1) is 8.27. The third kappa shape index (κ3) is 5.00. The number of unbranched alkanes of at least 4 members (excludes halogenated alkanes) is 2. The Morgan fingerprint density at radius 3 is 2.88 bits per heavy atom. The van der Waals surface area contributed by atoms with E-state index < -0.39 is 0 Å². The van der Waals surface area contributed by atoms with Gasteiger partial charge in [-0.15, -0.1) is 0 Å². The molecule has 1 aromatic carbocycles. The van der Waals surface area contributed by atoms with Crippen molar-refractivity contribution in [1.82, 2.24) is 5.32 Å². The Hall–Kier alpha value is -1.35. The van der Waals surface area contributed by atoms with E-state index >= 15 is 0 Å². The lowest BCUT2D eigenvalue weighted by molar-refractivity contribution is 0.0991.